The molecule has 0 unspecified atom stereocenters. The number of ether oxygens (including phenoxy) is 1. The Bertz CT molecular complexity index is 4260. The summed E-state index contributed by atoms with van der Waals surface area (Å²) in [6.07, 6.45) is 1.94. The molecule has 11 aromatic rings. The van der Waals surface area contributed by atoms with Crippen LogP contribution in [0.1, 0.15) is 105 Å². The van der Waals surface area contributed by atoms with Crippen LogP contribution in [0.3, 0.4) is 0 Å². The van der Waals surface area contributed by atoms with Crippen LogP contribution >= 0.6 is 0 Å². The summed E-state index contributed by atoms with van der Waals surface area (Å²) in [6.45, 7) is 30.0. The summed E-state index contributed by atoms with van der Waals surface area (Å²) < 4.78 is 9.37. The van der Waals surface area contributed by atoms with Gasteiger partial charge in [0.15, 0.2) is 0 Å². The zero-order chi connectivity index (χ0) is 57.0. The second-order valence-corrected chi connectivity index (χ2v) is 26.6. The van der Waals surface area contributed by atoms with E-state index in [-0.39, 0.29) is 49.4 Å². The molecule has 0 saturated heterocycles. The predicted octanol–water partition coefficient (Wildman–Crippen LogP) is 18.0. The Kier molecular flexibility index (Phi) is 13.9. The van der Waals surface area contributed by atoms with Gasteiger partial charge in [-0.3, -0.25) is 0 Å². The van der Waals surface area contributed by atoms with Crippen LogP contribution in [0, 0.1) is 18.8 Å². The molecule has 0 N–H and O–H groups in total. The molecule has 4 heterocycles. The largest absolute Gasteiger partial charge is 0.509 e. The molecule has 416 valence electrons. The fraction of sp³-hybridized carbons (Fsp3) is 0.211. The zero-order valence-corrected chi connectivity index (χ0v) is 52.0. The van der Waals surface area contributed by atoms with Crippen molar-refractivity contribution in [2.75, 3.05) is 9.80 Å². The fourth-order valence-electron chi connectivity index (χ4n) is 12.2. The molecule has 13 rings (SSSR count). The van der Waals surface area contributed by atoms with Gasteiger partial charge in [-0.2, -0.15) is 11.5 Å². The molecule has 0 atom stereocenters. The van der Waals surface area contributed by atoms with Gasteiger partial charge in [-0.05, 0) is 115 Å². The number of rotatable bonds is 9. The molecule has 0 aliphatic carbocycles. The number of nitrogens with zero attached hydrogens (tertiary/aromatic N) is 4. The van der Waals surface area contributed by atoms with Gasteiger partial charge in [-0.1, -0.05) is 226 Å². The number of hydrogen-bond acceptors (Lipinski definition) is 4. The summed E-state index contributed by atoms with van der Waals surface area (Å²) in [5.74, 6) is 2.08. The summed E-state index contributed by atoms with van der Waals surface area (Å²) >= 11 is 0. The molecule has 5 nitrogen and oxygen atoms in total. The van der Waals surface area contributed by atoms with Gasteiger partial charge < -0.3 is 19.1 Å². The Balaban J connectivity index is 0.00000680. The third-order valence-corrected chi connectivity index (χ3v) is 16.8. The molecule has 2 aliphatic rings. The summed E-state index contributed by atoms with van der Waals surface area (Å²) in [7, 11) is 0. The monoisotopic (exact) mass is 1260 g/mol. The molecule has 0 spiro atoms. The van der Waals surface area contributed by atoms with Gasteiger partial charge in [0.1, 0.15) is 5.82 Å². The Morgan fingerprint density at radius 1 is 0.446 bits per heavy atom. The van der Waals surface area contributed by atoms with Gasteiger partial charge in [-0.25, -0.2) is 4.98 Å². The van der Waals surface area contributed by atoms with Crippen LogP contribution in [0.2, 0.25) is 0 Å². The van der Waals surface area contributed by atoms with E-state index in [0.717, 1.165) is 50.7 Å². The van der Waals surface area contributed by atoms with Crippen LogP contribution < -0.4 is 30.9 Å². The predicted molar refractivity (Wildman–Crippen MR) is 346 cm³/mol. The van der Waals surface area contributed by atoms with E-state index in [0.29, 0.717) is 11.5 Å². The van der Waals surface area contributed by atoms with Crippen LogP contribution in [0.4, 0.5) is 22.7 Å². The van der Waals surface area contributed by atoms with E-state index in [2.05, 4.69) is 304 Å². The van der Waals surface area contributed by atoms with Crippen molar-refractivity contribution >= 4 is 67.7 Å². The van der Waals surface area contributed by atoms with Crippen molar-refractivity contribution in [1.29, 1.82) is 0 Å². The van der Waals surface area contributed by atoms with Gasteiger partial charge in [-0.15, -0.1) is 48.1 Å². The van der Waals surface area contributed by atoms with Crippen molar-refractivity contribution in [3.8, 4) is 50.7 Å². The maximum atomic E-state index is 7.09. The molecular weight excluding hydrogens is 1190 g/mol. The Morgan fingerprint density at radius 3 is 1.70 bits per heavy atom. The number of benzene rings is 9. The summed E-state index contributed by atoms with van der Waals surface area (Å²) in [5.41, 5.74) is 21.6. The molecule has 2 aromatic heterocycles. The van der Waals surface area contributed by atoms with Crippen LogP contribution in [-0.4, -0.2) is 16.3 Å². The SMILES string of the molecule is CC(C)(C)c1cc(-c2cc(C(C)(C)C)cc(-c3cccc(-c4ccccc4)c3)c2N2[CH-]N(c3[c-]c(Oc4[c-]c5c6c(c4)B(c4ccccc4)c4cccc(c46)n5-c4cc(C(C)(C)C)ccn4)ccc3)c3ccccc32)cc(C(C)(C)C)c1.[Pt]. The second-order valence-electron chi connectivity index (χ2n) is 26.6. The normalized spacial score (nSPS) is 13.3. The molecule has 0 fully saturated rings. The van der Waals surface area contributed by atoms with Crippen molar-refractivity contribution in [3.05, 3.63) is 241 Å². The van der Waals surface area contributed by atoms with E-state index in [4.69, 9.17) is 9.72 Å². The molecule has 9 aromatic carbocycles. The molecule has 83 heavy (non-hydrogen) atoms. The van der Waals surface area contributed by atoms with Gasteiger partial charge >= 0.3 is 0 Å². The summed E-state index contributed by atoms with van der Waals surface area (Å²) in [5, 5.41) is 2.44. The van der Waals surface area contributed by atoms with Crippen molar-refractivity contribution in [1.82, 2.24) is 9.55 Å². The first-order valence-electron chi connectivity index (χ1n) is 29.0. The third kappa shape index (κ3) is 10.1. The molecule has 0 radical (unpaired) electrons. The van der Waals surface area contributed by atoms with Crippen LogP contribution in [-0.2, 0) is 42.7 Å². The van der Waals surface area contributed by atoms with Crippen LogP contribution in [0.15, 0.2) is 200 Å². The smallest absolute Gasteiger partial charge is 0.217 e. The molecule has 0 amide bonds. The first-order chi connectivity index (χ1) is 39.2. The van der Waals surface area contributed by atoms with E-state index in [9.17, 15) is 0 Å². The zero-order valence-electron chi connectivity index (χ0n) is 49.7. The minimum absolute atomic E-state index is 0. The third-order valence-electron chi connectivity index (χ3n) is 16.8. The van der Waals surface area contributed by atoms with E-state index in [1.807, 2.05) is 12.3 Å². The average Bonchev–Trinajstić information content (AvgIpc) is 4.28. The fourth-order valence-corrected chi connectivity index (χ4v) is 12.2. The van der Waals surface area contributed by atoms with Gasteiger partial charge in [0.2, 0.25) is 6.71 Å². The van der Waals surface area contributed by atoms with Crippen LogP contribution in [0.5, 0.6) is 11.5 Å². The summed E-state index contributed by atoms with van der Waals surface area (Å²) in [4.78, 5) is 9.72. The molecule has 0 bridgehead atoms. The van der Waals surface area contributed by atoms with Crippen molar-refractivity contribution in [2.45, 2.75) is 105 Å². The second kappa shape index (κ2) is 20.8. The molecular formula is C76H70BN4OPt-3. The van der Waals surface area contributed by atoms with Crippen molar-refractivity contribution in [3.63, 3.8) is 0 Å². The molecule has 0 saturated carbocycles. The summed E-state index contributed by atoms with van der Waals surface area (Å²) in [6, 6.07) is 78.7. The van der Waals surface area contributed by atoms with E-state index in [1.54, 1.807) is 0 Å². The Labute approximate surface area is 506 Å². The number of para-hydroxylation sites is 2. The van der Waals surface area contributed by atoms with E-state index in [1.165, 1.54) is 71.7 Å². The van der Waals surface area contributed by atoms with Crippen molar-refractivity contribution < 1.29 is 25.8 Å². The van der Waals surface area contributed by atoms with Crippen molar-refractivity contribution in [2.24, 2.45) is 0 Å². The van der Waals surface area contributed by atoms with E-state index < -0.39 is 0 Å². The number of anilines is 4. The maximum Gasteiger partial charge on any atom is 0.217 e. The average molecular weight is 1260 g/mol. The van der Waals surface area contributed by atoms with Gasteiger partial charge in [0.25, 0.3) is 0 Å². The quantitative estimate of drug-likeness (QED) is 0.107. The minimum Gasteiger partial charge on any atom is -0.509 e. The molecule has 2 aliphatic heterocycles. The molecule has 7 heteroatoms. The maximum absolute atomic E-state index is 7.09. The number of aromatic nitrogens is 2. The number of pyridine rings is 1. The topological polar surface area (TPSA) is 33.5 Å². The Hall–Kier alpha value is -7.92. The van der Waals surface area contributed by atoms with Gasteiger partial charge in [0, 0.05) is 72.5 Å². The first-order valence-corrected chi connectivity index (χ1v) is 29.0. The van der Waals surface area contributed by atoms with Crippen LogP contribution in [0.25, 0.3) is 61.0 Å². The van der Waals surface area contributed by atoms with Gasteiger partial charge in [0.05, 0.1) is 0 Å². The standard InChI is InChI=1S/C76H70BN4O.Pt/c1-73(2,3)53-36-37-78-69(44-53)81-67-35-23-32-63-70(67)71-64(77(63)57-28-17-14-18-29-57)46-60(47-68(71)81)82-59-31-22-30-58(45-59)79-48-80(66-34-20-19-33-65(66)79)72-61(51-27-21-26-50(38-51)49-24-15-13-16-25-49)42-56(76(10,11)12)43-62(72)52-39-54(74(4,5)6)41-55(40-52)75(7,8)9;/h13-44,46,48H,1-12H3;/q-3;. The number of fused-ring (bicyclic) bond motifs is 1. The number of hydrogen-bond donors (Lipinski definition) is 0. The Morgan fingerprint density at radius 2 is 1.02 bits per heavy atom. The minimum atomic E-state index is -0.155. The first kappa shape index (κ1) is 55.6. The van der Waals surface area contributed by atoms with E-state index >= 15 is 0 Å².